The van der Waals surface area contributed by atoms with Gasteiger partial charge in [0.15, 0.2) is 5.82 Å². The minimum atomic E-state index is -0.808. The maximum atomic E-state index is 13.7. The normalized spacial score (nSPS) is 18.7. The summed E-state index contributed by atoms with van der Waals surface area (Å²) < 4.78 is 13.7. The van der Waals surface area contributed by atoms with Gasteiger partial charge in [0.1, 0.15) is 0 Å². The smallest absolute Gasteiger partial charge is 0.321 e. The lowest BCUT2D eigenvalue weighted by atomic mass is 10.0. The molecule has 0 radical (unpaired) electrons. The van der Waals surface area contributed by atoms with Gasteiger partial charge in [-0.15, -0.1) is 0 Å². The summed E-state index contributed by atoms with van der Waals surface area (Å²) in [5.74, 6) is -0.381. The molecule has 108 valence electrons. The number of likely N-dealkylation sites (tertiary alicyclic amines) is 1. The van der Waals surface area contributed by atoms with Crippen LogP contribution >= 0.6 is 0 Å². The number of piperidine rings is 1. The second kappa shape index (κ2) is 5.85. The van der Waals surface area contributed by atoms with E-state index in [1.165, 1.54) is 6.07 Å². The van der Waals surface area contributed by atoms with E-state index in [1.54, 1.807) is 4.90 Å². The molecule has 0 aliphatic carbocycles. The Balaban J connectivity index is 2.06. The summed E-state index contributed by atoms with van der Waals surface area (Å²) >= 11 is 0. The monoisotopic (exact) mass is 281 g/mol. The summed E-state index contributed by atoms with van der Waals surface area (Å²) in [5.41, 5.74) is -0.383. The number of benzene rings is 1. The molecule has 1 aliphatic rings. The molecule has 2 amide bonds. The van der Waals surface area contributed by atoms with E-state index in [2.05, 4.69) is 12.2 Å². The van der Waals surface area contributed by atoms with E-state index < -0.39 is 10.7 Å². The number of carbonyl (C=O) groups is 1. The number of rotatable bonds is 2. The van der Waals surface area contributed by atoms with Crippen LogP contribution in [0.4, 0.5) is 20.6 Å². The zero-order valence-electron chi connectivity index (χ0n) is 11.1. The molecule has 0 spiro atoms. The second-order valence-corrected chi connectivity index (χ2v) is 5.04. The molecular formula is C13H16FN3O3. The number of nitrogens with zero attached hydrogens (tertiary/aromatic N) is 2. The fraction of sp³-hybridized carbons (Fsp3) is 0.462. The summed E-state index contributed by atoms with van der Waals surface area (Å²) in [4.78, 5) is 23.5. The average molecular weight is 281 g/mol. The first-order valence-corrected chi connectivity index (χ1v) is 6.47. The summed E-state index contributed by atoms with van der Waals surface area (Å²) in [7, 11) is 0. The highest BCUT2D eigenvalue weighted by molar-refractivity contribution is 5.89. The third-order valence-electron chi connectivity index (χ3n) is 3.35. The van der Waals surface area contributed by atoms with E-state index in [0.29, 0.717) is 19.0 Å². The van der Waals surface area contributed by atoms with Crippen molar-refractivity contribution in [3.8, 4) is 0 Å². The Morgan fingerprint density at radius 3 is 2.90 bits per heavy atom. The third-order valence-corrected chi connectivity index (χ3v) is 3.35. The SMILES string of the molecule is CC1CCCN(C(=O)Nc2ccc([N+](=O)[O-])cc2F)C1. The number of hydrogen-bond acceptors (Lipinski definition) is 3. The van der Waals surface area contributed by atoms with Crippen LogP contribution in [-0.4, -0.2) is 28.9 Å². The first-order chi connectivity index (χ1) is 9.47. The van der Waals surface area contributed by atoms with Gasteiger partial charge >= 0.3 is 6.03 Å². The minimum Gasteiger partial charge on any atom is -0.324 e. The Morgan fingerprint density at radius 2 is 2.30 bits per heavy atom. The van der Waals surface area contributed by atoms with Crippen LogP contribution in [0.15, 0.2) is 18.2 Å². The van der Waals surface area contributed by atoms with Gasteiger partial charge in [0.25, 0.3) is 5.69 Å². The van der Waals surface area contributed by atoms with Gasteiger partial charge in [-0.2, -0.15) is 0 Å². The standard InChI is InChI=1S/C13H16FN3O3/c1-9-3-2-6-16(8-9)13(18)15-12-5-4-10(17(19)20)7-11(12)14/h4-5,7,9H,2-3,6,8H2,1H3,(H,15,18). The number of nitro groups is 1. The third kappa shape index (κ3) is 3.23. The van der Waals surface area contributed by atoms with Crippen LogP contribution in [0.2, 0.25) is 0 Å². The van der Waals surface area contributed by atoms with E-state index in [-0.39, 0.29) is 17.4 Å². The molecule has 7 heteroatoms. The Bertz CT molecular complexity index is 536. The number of non-ortho nitro benzene ring substituents is 1. The molecule has 20 heavy (non-hydrogen) atoms. The average Bonchev–Trinajstić information content (AvgIpc) is 2.40. The van der Waals surface area contributed by atoms with Crippen molar-refractivity contribution in [2.45, 2.75) is 19.8 Å². The predicted octanol–water partition coefficient (Wildman–Crippen LogP) is 3.00. The number of nitrogens with one attached hydrogen (secondary N) is 1. The molecule has 1 unspecified atom stereocenters. The van der Waals surface area contributed by atoms with Crippen molar-refractivity contribution in [3.05, 3.63) is 34.1 Å². The van der Waals surface area contributed by atoms with Gasteiger partial charge < -0.3 is 10.2 Å². The molecule has 1 aliphatic heterocycles. The maximum absolute atomic E-state index is 13.7. The first kappa shape index (κ1) is 14.2. The molecule has 0 saturated carbocycles. The molecule has 1 atom stereocenters. The van der Waals surface area contributed by atoms with Crippen LogP contribution in [-0.2, 0) is 0 Å². The second-order valence-electron chi connectivity index (χ2n) is 5.04. The minimum absolute atomic E-state index is 0.0428. The highest BCUT2D eigenvalue weighted by Gasteiger charge is 2.22. The molecule has 1 aromatic carbocycles. The number of hydrogen-bond donors (Lipinski definition) is 1. The van der Waals surface area contributed by atoms with Gasteiger partial charge in [-0.25, -0.2) is 9.18 Å². The van der Waals surface area contributed by atoms with Crippen molar-refractivity contribution in [2.75, 3.05) is 18.4 Å². The van der Waals surface area contributed by atoms with Gasteiger partial charge in [-0.05, 0) is 24.8 Å². The fourth-order valence-electron chi connectivity index (χ4n) is 2.29. The van der Waals surface area contributed by atoms with E-state index >= 15 is 0 Å². The fourth-order valence-corrected chi connectivity index (χ4v) is 2.29. The van der Waals surface area contributed by atoms with Gasteiger partial charge in [0.05, 0.1) is 16.7 Å². The van der Waals surface area contributed by atoms with Gasteiger partial charge in [0.2, 0.25) is 0 Å². The zero-order chi connectivity index (χ0) is 14.7. The summed E-state index contributed by atoms with van der Waals surface area (Å²) in [6.07, 6.45) is 2.01. The Labute approximate surface area is 115 Å². The van der Waals surface area contributed by atoms with E-state index in [0.717, 1.165) is 25.0 Å². The number of urea groups is 1. The largest absolute Gasteiger partial charge is 0.324 e. The van der Waals surface area contributed by atoms with Crippen LogP contribution in [0.5, 0.6) is 0 Å². The van der Waals surface area contributed by atoms with E-state index in [9.17, 15) is 19.3 Å². The van der Waals surface area contributed by atoms with Crippen LogP contribution in [0.3, 0.4) is 0 Å². The molecular weight excluding hydrogens is 265 g/mol. The Kier molecular flexibility index (Phi) is 4.16. The highest BCUT2D eigenvalue weighted by Crippen LogP contribution is 2.22. The van der Waals surface area contributed by atoms with E-state index in [1.807, 2.05) is 0 Å². The molecule has 1 heterocycles. The highest BCUT2D eigenvalue weighted by atomic mass is 19.1. The Hall–Kier alpha value is -2.18. The number of nitro benzene ring substituents is 1. The van der Waals surface area contributed by atoms with Crippen LogP contribution in [0, 0.1) is 21.8 Å². The molecule has 6 nitrogen and oxygen atoms in total. The molecule has 1 fully saturated rings. The molecule has 1 saturated heterocycles. The van der Waals surface area contributed by atoms with Gasteiger partial charge in [-0.1, -0.05) is 6.92 Å². The lowest BCUT2D eigenvalue weighted by molar-refractivity contribution is -0.385. The molecule has 1 N–H and O–H groups in total. The lowest BCUT2D eigenvalue weighted by Gasteiger charge is -2.30. The van der Waals surface area contributed by atoms with Crippen molar-refractivity contribution < 1.29 is 14.1 Å². The van der Waals surface area contributed by atoms with Crippen LogP contribution in [0.1, 0.15) is 19.8 Å². The van der Waals surface area contributed by atoms with Crippen molar-refractivity contribution in [3.63, 3.8) is 0 Å². The summed E-state index contributed by atoms with van der Waals surface area (Å²) in [6, 6.07) is 2.80. The number of carbonyl (C=O) groups excluding carboxylic acids is 1. The summed E-state index contributed by atoms with van der Waals surface area (Å²) in [5, 5.41) is 13.0. The molecule has 1 aromatic rings. The number of halogens is 1. The van der Waals surface area contributed by atoms with Crippen molar-refractivity contribution in [1.29, 1.82) is 0 Å². The quantitative estimate of drug-likeness (QED) is 0.668. The van der Waals surface area contributed by atoms with Crippen molar-refractivity contribution in [2.24, 2.45) is 5.92 Å². The zero-order valence-corrected chi connectivity index (χ0v) is 11.1. The molecule has 2 rings (SSSR count). The molecule has 0 bridgehead atoms. The van der Waals surface area contributed by atoms with Crippen LogP contribution in [0.25, 0.3) is 0 Å². The number of anilines is 1. The number of amides is 2. The van der Waals surface area contributed by atoms with E-state index in [4.69, 9.17) is 0 Å². The first-order valence-electron chi connectivity index (χ1n) is 6.47. The van der Waals surface area contributed by atoms with Crippen molar-refractivity contribution >= 4 is 17.4 Å². The predicted molar refractivity (Wildman–Crippen MR) is 72.0 cm³/mol. The Morgan fingerprint density at radius 1 is 1.55 bits per heavy atom. The van der Waals surface area contributed by atoms with Gasteiger partial charge in [0, 0.05) is 19.2 Å². The molecule has 0 aromatic heterocycles. The lowest BCUT2D eigenvalue weighted by Crippen LogP contribution is -2.41. The van der Waals surface area contributed by atoms with Crippen LogP contribution < -0.4 is 5.32 Å². The van der Waals surface area contributed by atoms with Crippen molar-refractivity contribution in [1.82, 2.24) is 4.90 Å². The summed E-state index contributed by atoms with van der Waals surface area (Å²) in [6.45, 7) is 3.34. The maximum Gasteiger partial charge on any atom is 0.321 e. The van der Waals surface area contributed by atoms with Gasteiger partial charge in [-0.3, -0.25) is 10.1 Å². The topological polar surface area (TPSA) is 75.5 Å².